The van der Waals surface area contributed by atoms with Gasteiger partial charge in [-0.2, -0.15) is 0 Å². The fourth-order valence-electron chi connectivity index (χ4n) is 3.40. The molecule has 2 aromatic carbocycles. The molecule has 3 aromatic rings. The van der Waals surface area contributed by atoms with Gasteiger partial charge in [0.2, 0.25) is 0 Å². The van der Waals surface area contributed by atoms with E-state index in [0.29, 0.717) is 17.0 Å². The van der Waals surface area contributed by atoms with Gasteiger partial charge in [-0.3, -0.25) is 9.59 Å². The lowest BCUT2D eigenvalue weighted by atomic mass is 10.1. The van der Waals surface area contributed by atoms with E-state index in [0.717, 1.165) is 22.7 Å². The number of amides is 2. The zero-order chi connectivity index (χ0) is 21.3. The predicted octanol–water partition coefficient (Wildman–Crippen LogP) is 4.77. The second-order valence-corrected chi connectivity index (χ2v) is 8.21. The maximum Gasteiger partial charge on any atom is 0.282 e. The van der Waals surface area contributed by atoms with Crippen molar-refractivity contribution in [1.29, 1.82) is 0 Å². The Balaban J connectivity index is 1.72. The van der Waals surface area contributed by atoms with Crippen molar-refractivity contribution >= 4 is 45.8 Å². The van der Waals surface area contributed by atoms with Crippen LogP contribution in [0.2, 0.25) is 0 Å². The molecule has 1 aromatic heterocycles. The van der Waals surface area contributed by atoms with E-state index in [1.54, 1.807) is 12.1 Å². The Bertz CT molecular complexity index is 1100. The molecule has 0 bridgehead atoms. The maximum atomic E-state index is 13.3. The summed E-state index contributed by atoms with van der Waals surface area (Å²) >= 11 is 1.45. The molecule has 5 nitrogen and oxygen atoms in total. The number of nitrogens with zero attached hydrogens (tertiary/aromatic N) is 2. The van der Waals surface area contributed by atoms with Crippen molar-refractivity contribution in [2.45, 2.75) is 13.3 Å². The average molecular weight is 418 g/mol. The minimum Gasteiger partial charge on any atom is -0.378 e. The molecule has 1 aliphatic heterocycles. The van der Waals surface area contributed by atoms with Gasteiger partial charge in [-0.05, 0) is 59.8 Å². The van der Waals surface area contributed by atoms with Gasteiger partial charge in [0, 0.05) is 30.3 Å². The van der Waals surface area contributed by atoms with Crippen molar-refractivity contribution in [3.05, 3.63) is 82.2 Å². The highest BCUT2D eigenvalue weighted by molar-refractivity contribution is 7.11. The van der Waals surface area contributed by atoms with Crippen molar-refractivity contribution in [3.8, 4) is 0 Å². The van der Waals surface area contributed by atoms with E-state index in [2.05, 4.69) is 12.2 Å². The summed E-state index contributed by atoms with van der Waals surface area (Å²) in [6.45, 7) is 2.10. The first-order valence-corrected chi connectivity index (χ1v) is 10.7. The van der Waals surface area contributed by atoms with E-state index < -0.39 is 0 Å². The Morgan fingerprint density at radius 2 is 1.63 bits per heavy atom. The lowest BCUT2D eigenvalue weighted by Gasteiger charge is -2.18. The first kappa shape index (κ1) is 19.9. The molecule has 0 fully saturated rings. The predicted molar refractivity (Wildman–Crippen MR) is 124 cm³/mol. The van der Waals surface area contributed by atoms with Crippen LogP contribution >= 0.6 is 11.3 Å². The monoisotopic (exact) mass is 417 g/mol. The molecular formula is C24H23N3O2S. The van der Waals surface area contributed by atoms with Crippen molar-refractivity contribution in [1.82, 2.24) is 0 Å². The van der Waals surface area contributed by atoms with Crippen LogP contribution in [0.3, 0.4) is 0 Å². The van der Waals surface area contributed by atoms with E-state index in [4.69, 9.17) is 0 Å². The largest absolute Gasteiger partial charge is 0.378 e. The maximum absolute atomic E-state index is 13.3. The number of carbonyl (C=O) groups excluding carboxylic acids is 2. The van der Waals surface area contributed by atoms with Crippen LogP contribution in [0, 0.1) is 0 Å². The van der Waals surface area contributed by atoms with Crippen LogP contribution in [-0.2, 0) is 16.0 Å². The smallest absolute Gasteiger partial charge is 0.282 e. The summed E-state index contributed by atoms with van der Waals surface area (Å²) in [5.41, 5.74) is 4.27. The zero-order valence-corrected chi connectivity index (χ0v) is 18.0. The molecule has 0 atom stereocenters. The van der Waals surface area contributed by atoms with Gasteiger partial charge in [0.25, 0.3) is 11.8 Å². The van der Waals surface area contributed by atoms with Crippen molar-refractivity contribution in [2.75, 3.05) is 29.2 Å². The van der Waals surface area contributed by atoms with Crippen LogP contribution in [-0.4, -0.2) is 25.9 Å². The van der Waals surface area contributed by atoms with Gasteiger partial charge in [0.15, 0.2) is 0 Å². The second kappa shape index (κ2) is 8.16. The Hall–Kier alpha value is -3.38. The highest BCUT2D eigenvalue weighted by atomic mass is 32.1. The van der Waals surface area contributed by atoms with E-state index >= 15 is 0 Å². The number of anilines is 3. The summed E-state index contributed by atoms with van der Waals surface area (Å²) in [4.78, 5) is 30.7. The number of rotatable bonds is 6. The molecule has 4 rings (SSSR count). The number of nitrogens with one attached hydrogen (secondary N) is 1. The first-order chi connectivity index (χ1) is 14.5. The molecule has 0 saturated heterocycles. The van der Waals surface area contributed by atoms with E-state index in [1.807, 2.05) is 72.9 Å². The Morgan fingerprint density at radius 1 is 0.933 bits per heavy atom. The van der Waals surface area contributed by atoms with Gasteiger partial charge in [0.1, 0.15) is 5.70 Å². The van der Waals surface area contributed by atoms with Gasteiger partial charge in [-0.15, -0.1) is 11.3 Å². The number of thiophene rings is 1. The lowest BCUT2D eigenvalue weighted by Crippen LogP contribution is -2.32. The Kier molecular flexibility index (Phi) is 5.42. The van der Waals surface area contributed by atoms with Crippen molar-refractivity contribution in [2.24, 2.45) is 0 Å². The molecule has 2 heterocycles. The molecular weight excluding hydrogens is 394 g/mol. The summed E-state index contributed by atoms with van der Waals surface area (Å²) in [6.07, 6.45) is 0.942. The van der Waals surface area contributed by atoms with E-state index in [1.165, 1.54) is 21.8 Å². The molecule has 30 heavy (non-hydrogen) atoms. The van der Waals surface area contributed by atoms with Crippen molar-refractivity contribution in [3.63, 3.8) is 0 Å². The molecule has 6 heteroatoms. The molecule has 0 radical (unpaired) electrons. The molecule has 0 unspecified atom stereocenters. The highest BCUT2D eigenvalue weighted by Crippen LogP contribution is 2.36. The first-order valence-electron chi connectivity index (χ1n) is 9.80. The van der Waals surface area contributed by atoms with Crippen LogP contribution in [0.4, 0.5) is 17.1 Å². The molecule has 2 amide bonds. The van der Waals surface area contributed by atoms with Crippen LogP contribution in [0.15, 0.2) is 71.7 Å². The minimum atomic E-state index is -0.347. The number of imide groups is 1. The summed E-state index contributed by atoms with van der Waals surface area (Å²) in [5, 5.41) is 5.11. The molecule has 1 N–H and O–H groups in total. The zero-order valence-electron chi connectivity index (χ0n) is 17.2. The second-order valence-electron chi connectivity index (χ2n) is 7.26. The summed E-state index contributed by atoms with van der Waals surface area (Å²) in [5.74, 6) is -0.659. The van der Waals surface area contributed by atoms with E-state index in [-0.39, 0.29) is 11.8 Å². The van der Waals surface area contributed by atoms with E-state index in [9.17, 15) is 9.59 Å². The Morgan fingerprint density at radius 3 is 2.20 bits per heavy atom. The standard InChI is InChI=1S/C24H23N3O2S/c1-4-16-7-9-17(10-8-16)25-22-21(20-6-5-15-30-20)23(28)27(24(22)29)19-13-11-18(12-14-19)26(2)3/h5-15,25H,4H2,1-3H3. The van der Waals surface area contributed by atoms with Crippen molar-refractivity contribution < 1.29 is 9.59 Å². The number of hydrogen-bond acceptors (Lipinski definition) is 5. The Labute approximate surface area is 180 Å². The quantitative estimate of drug-likeness (QED) is 0.587. The van der Waals surface area contributed by atoms with Crippen LogP contribution in [0.1, 0.15) is 17.4 Å². The summed E-state index contributed by atoms with van der Waals surface area (Å²) < 4.78 is 0. The molecule has 152 valence electrons. The molecule has 0 aliphatic carbocycles. The number of carbonyl (C=O) groups is 2. The van der Waals surface area contributed by atoms with Crippen LogP contribution in [0.5, 0.6) is 0 Å². The minimum absolute atomic E-state index is 0.309. The summed E-state index contributed by atoms with van der Waals surface area (Å²) in [6, 6.07) is 19.1. The van der Waals surface area contributed by atoms with Gasteiger partial charge >= 0.3 is 0 Å². The highest BCUT2D eigenvalue weighted by Gasteiger charge is 2.40. The van der Waals surface area contributed by atoms with Crippen LogP contribution < -0.4 is 15.1 Å². The third-order valence-corrected chi connectivity index (χ3v) is 5.99. The number of benzene rings is 2. The molecule has 0 saturated carbocycles. The van der Waals surface area contributed by atoms with Gasteiger partial charge in [-0.25, -0.2) is 4.90 Å². The third-order valence-electron chi connectivity index (χ3n) is 5.11. The normalized spacial score (nSPS) is 13.9. The SMILES string of the molecule is CCc1ccc(NC2=C(c3cccs3)C(=O)N(c3ccc(N(C)C)cc3)C2=O)cc1. The summed E-state index contributed by atoms with van der Waals surface area (Å²) in [7, 11) is 3.90. The fraction of sp³-hybridized carbons (Fsp3) is 0.167. The van der Waals surface area contributed by atoms with Gasteiger partial charge in [-0.1, -0.05) is 25.1 Å². The number of aryl methyl sites for hydroxylation is 1. The fourth-order valence-corrected chi connectivity index (χ4v) is 4.17. The third kappa shape index (κ3) is 3.62. The lowest BCUT2D eigenvalue weighted by molar-refractivity contribution is -0.120. The van der Waals surface area contributed by atoms with Gasteiger partial charge in [0.05, 0.1) is 11.3 Å². The van der Waals surface area contributed by atoms with Crippen LogP contribution in [0.25, 0.3) is 5.57 Å². The topological polar surface area (TPSA) is 52.7 Å². The van der Waals surface area contributed by atoms with Gasteiger partial charge < -0.3 is 10.2 Å². The molecule has 0 spiro atoms. The number of hydrogen-bond donors (Lipinski definition) is 1. The molecule has 1 aliphatic rings. The average Bonchev–Trinajstić information content (AvgIpc) is 3.35.